The van der Waals surface area contributed by atoms with Crippen molar-refractivity contribution in [2.75, 3.05) is 13.1 Å². The smallest absolute Gasteiger partial charge is 0.354 e. The topological polar surface area (TPSA) is 36.1 Å². The van der Waals surface area contributed by atoms with Crippen molar-refractivity contribution in [3.05, 3.63) is 23.0 Å². The molecule has 0 bridgehead atoms. The van der Waals surface area contributed by atoms with Crippen LogP contribution < -0.4 is 0 Å². The van der Waals surface area contributed by atoms with Gasteiger partial charge in [-0.1, -0.05) is 13.3 Å². The predicted octanol–water partition coefficient (Wildman–Crippen LogP) is 3.44. The van der Waals surface area contributed by atoms with Gasteiger partial charge in [0.25, 0.3) is 5.91 Å². The van der Waals surface area contributed by atoms with E-state index >= 15 is 0 Å². The predicted molar refractivity (Wildman–Crippen MR) is 67.1 cm³/mol. The van der Waals surface area contributed by atoms with E-state index < -0.39 is 18.6 Å². The Morgan fingerprint density at radius 1 is 1.37 bits per heavy atom. The van der Waals surface area contributed by atoms with Crippen LogP contribution in [0.25, 0.3) is 0 Å². The van der Waals surface area contributed by atoms with Crippen molar-refractivity contribution in [1.82, 2.24) is 9.88 Å². The van der Waals surface area contributed by atoms with Crippen molar-refractivity contribution in [2.45, 2.75) is 39.8 Å². The highest BCUT2D eigenvalue weighted by Gasteiger charge is 2.33. The lowest BCUT2D eigenvalue weighted by molar-refractivity contribution is -0.140. The third-order valence-corrected chi connectivity index (χ3v) is 2.80. The number of carbonyl (C=O) groups excluding carboxylic acids is 1. The number of alkyl halides is 3. The quantitative estimate of drug-likeness (QED) is 0.878. The molecule has 1 N–H and O–H groups in total. The second-order valence-electron chi connectivity index (χ2n) is 4.71. The molecular weight excluding hydrogens is 257 g/mol. The van der Waals surface area contributed by atoms with Gasteiger partial charge in [-0.05, 0) is 31.9 Å². The molecule has 1 aromatic heterocycles. The number of H-pyrrole nitrogens is 1. The normalized spacial score (nSPS) is 11.7. The number of halogens is 3. The average molecular weight is 276 g/mol. The Bertz CT molecular complexity index is 438. The summed E-state index contributed by atoms with van der Waals surface area (Å²) >= 11 is 0. The molecule has 0 aromatic carbocycles. The molecule has 0 fully saturated rings. The molecule has 0 aliphatic rings. The van der Waals surface area contributed by atoms with Crippen LogP contribution in [0.15, 0.2) is 6.07 Å². The zero-order valence-corrected chi connectivity index (χ0v) is 11.4. The Labute approximate surface area is 110 Å². The fraction of sp³-hybridized carbons (Fsp3) is 0.615. The van der Waals surface area contributed by atoms with E-state index in [1.165, 1.54) is 0 Å². The minimum atomic E-state index is -4.38. The minimum Gasteiger partial charge on any atom is -0.354 e. The molecule has 0 atom stereocenters. The second-order valence-corrected chi connectivity index (χ2v) is 4.71. The first-order valence-electron chi connectivity index (χ1n) is 6.27. The summed E-state index contributed by atoms with van der Waals surface area (Å²) in [5.74, 6) is -0.587. The highest BCUT2D eigenvalue weighted by molar-refractivity contribution is 5.94. The van der Waals surface area contributed by atoms with E-state index in [1.54, 1.807) is 19.9 Å². The van der Waals surface area contributed by atoms with Gasteiger partial charge in [-0.3, -0.25) is 4.79 Å². The molecule has 3 nitrogen and oxygen atoms in total. The van der Waals surface area contributed by atoms with Crippen LogP contribution in [0.5, 0.6) is 0 Å². The van der Waals surface area contributed by atoms with Crippen LogP contribution in [0.4, 0.5) is 13.2 Å². The maximum absolute atomic E-state index is 12.5. The monoisotopic (exact) mass is 276 g/mol. The van der Waals surface area contributed by atoms with Crippen LogP contribution in [-0.4, -0.2) is 35.1 Å². The Morgan fingerprint density at radius 2 is 2.00 bits per heavy atom. The number of amides is 1. The van der Waals surface area contributed by atoms with Crippen molar-refractivity contribution in [2.24, 2.45) is 0 Å². The molecule has 0 unspecified atom stereocenters. The molecule has 1 rings (SSSR count). The SMILES string of the molecule is CCCCN(CC(F)(F)F)C(=O)c1[nH]c(C)cc1C. The van der Waals surface area contributed by atoms with Gasteiger partial charge in [-0.2, -0.15) is 13.2 Å². The van der Waals surface area contributed by atoms with Gasteiger partial charge in [0.05, 0.1) is 0 Å². The highest BCUT2D eigenvalue weighted by Crippen LogP contribution is 2.20. The van der Waals surface area contributed by atoms with Crippen LogP contribution in [0.2, 0.25) is 0 Å². The summed E-state index contributed by atoms with van der Waals surface area (Å²) in [5, 5.41) is 0. The second kappa shape index (κ2) is 6.12. The lowest BCUT2D eigenvalue weighted by atomic mass is 10.2. The van der Waals surface area contributed by atoms with Crippen LogP contribution in [0.1, 0.15) is 41.5 Å². The van der Waals surface area contributed by atoms with E-state index in [0.29, 0.717) is 12.0 Å². The van der Waals surface area contributed by atoms with Gasteiger partial charge in [-0.15, -0.1) is 0 Å². The molecule has 0 saturated carbocycles. The Morgan fingerprint density at radius 3 is 2.42 bits per heavy atom. The Kier molecular flexibility index (Phi) is 5.03. The molecule has 1 aromatic rings. The number of unbranched alkanes of at least 4 members (excludes halogenated alkanes) is 1. The van der Waals surface area contributed by atoms with Gasteiger partial charge < -0.3 is 9.88 Å². The van der Waals surface area contributed by atoms with Crippen molar-refractivity contribution >= 4 is 5.91 Å². The molecule has 0 saturated heterocycles. The molecule has 6 heteroatoms. The summed E-state index contributed by atoms with van der Waals surface area (Å²) in [7, 11) is 0. The van der Waals surface area contributed by atoms with Gasteiger partial charge >= 0.3 is 6.18 Å². The average Bonchev–Trinajstić information content (AvgIpc) is 2.61. The number of aryl methyl sites for hydroxylation is 2. The van der Waals surface area contributed by atoms with E-state index in [4.69, 9.17) is 0 Å². The number of aromatic nitrogens is 1. The van der Waals surface area contributed by atoms with E-state index in [2.05, 4.69) is 4.98 Å². The summed E-state index contributed by atoms with van der Waals surface area (Å²) in [6.45, 7) is 4.27. The number of nitrogens with one attached hydrogen (secondary N) is 1. The van der Waals surface area contributed by atoms with Crippen LogP contribution in [0.3, 0.4) is 0 Å². The summed E-state index contributed by atoms with van der Waals surface area (Å²) in [4.78, 5) is 15.8. The highest BCUT2D eigenvalue weighted by atomic mass is 19.4. The molecule has 1 amide bonds. The number of rotatable bonds is 5. The number of carbonyl (C=O) groups is 1. The minimum absolute atomic E-state index is 0.117. The first-order valence-corrected chi connectivity index (χ1v) is 6.27. The van der Waals surface area contributed by atoms with Gasteiger partial charge in [0.2, 0.25) is 0 Å². The van der Waals surface area contributed by atoms with Crippen molar-refractivity contribution in [1.29, 1.82) is 0 Å². The molecule has 0 spiro atoms. The summed E-state index contributed by atoms with van der Waals surface area (Å²) in [6.07, 6.45) is -3.08. The Hall–Kier alpha value is -1.46. The first kappa shape index (κ1) is 15.6. The summed E-state index contributed by atoms with van der Waals surface area (Å²) < 4.78 is 37.5. The van der Waals surface area contributed by atoms with Gasteiger partial charge in [0, 0.05) is 12.2 Å². The molecule has 0 aliphatic heterocycles. The third kappa shape index (κ3) is 4.61. The van der Waals surface area contributed by atoms with Gasteiger partial charge in [-0.25, -0.2) is 0 Å². The molecule has 1 heterocycles. The van der Waals surface area contributed by atoms with Crippen LogP contribution in [-0.2, 0) is 0 Å². The van der Waals surface area contributed by atoms with Gasteiger partial charge in [0.15, 0.2) is 0 Å². The molecular formula is C13H19F3N2O. The maximum Gasteiger partial charge on any atom is 0.406 e. The van der Waals surface area contributed by atoms with E-state index in [1.807, 2.05) is 6.92 Å². The fourth-order valence-electron chi connectivity index (χ4n) is 1.93. The third-order valence-electron chi connectivity index (χ3n) is 2.80. The Balaban J connectivity index is 2.90. The summed E-state index contributed by atoms with van der Waals surface area (Å²) in [5.41, 5.74) is 1.69. The van der Waals surface area contributed by atoms with Crippen LogP contribution in [0, 0.1) is 13.8 Å². The van der Waals surface area contributed by atoms with Crippen LogP contribution >= 0.6 is 0 Å². The van der Waals surface area contributed by atoms with E-state index in [0.717, 1.165) is 17.0 Å². The van der Waals surface area contributed by atoms with E-state index in [-0.39, 0.29) is 12.2 Å². The number of nitrogens with zero attached hydrogens (tertiary/aromatic N) is 1. The lowest BCUT2D eigenvalue weighted by Crippen LogP contribution is -2.40. The van der Waals surface area contributed by atoms with Crippen molar-refractivity contribution in [3.8, 4) is 0 Å². The summed E-state index contributed by atoms with van der Waals surface area (Å²) in [6, 6.07) is 1.75. The largest absolute Gasteiger partial charge is 0.406 e. The molecule has 19 heavy (non-hydrogen) atoms. The van der Waals surface area contributed by atoms with Crippen molar-refractivity contribution in [3.63, 3.8) is 0 Å². The standard InChI is InChI=1S/C13H19F3N2O/c1-4-5-6-18(8-13(14,15)16)12(19)11-9(2)7-10(3)17-11/h7,17H,4-6,8H2,1-3H3. The van der Waals surface area contributed by atoms with E-state index in [9.17, 15) is 18.0 Å². The number of hydrogen-bond acceptors (Lipinski definition) is 1. The molecule has 0 radical (unpaired) electrons. The maximum atomic E-state index is 12.5. The fourth-order valence-corrected chi connectivity index (χ4v) is 1.93. The van der Waals surface area contributed by atoms with Gasteiger partial charge in [0.1, 0.15) is 12.2 Å². The number of hydrogen-bond donors (Lipinski definition) is 1. The molecule has 0 aliphatic carbocycles. The zero-order valence-electron chi connectivity index (χ0n) is 11.4. The molecule has 108 valence electrons. The number of aromatic amines is 1. The lowest BCUT2D eigenvalue weighted by Gasteiger charge is -2.23. The first-order chi connectivity index (χ1) is 8.74. The van der Waals surface area contributed by atoms with Crippen molar-refractivity contribution < 1.29 is 18.0 Å². The zero-order chi connectivity index (χ0) is 14.6.